The maximum Gasteiger partial charge on any atom is 0.153 e. The second-order valence-corrected chi connectivity index (χ2v) is 5.33. The van der Waals surface area contributed by atoms with Gasteiger partial charge < -0.3 is 5.73 Å². The summed E-state index contributed by atoms with van der Waals surface area (Å²) < 4.78 is 1.09. The fourth-order valence-corrected chi connectivity index (χ4v) is 1.04. The first-order chi connectivity index (χ1) is 6.39. The lowest BCUT2D eigenvalue weighted by molar-refractivity contribution is 0.585. The van der Waals surface area contributed by atoms with Gasteiger partial charge in [-0.1, -0.05) is 20.8 Å². The highest BCUT2D eigenvalue weighted by Gasteiger charge is 2.15. The van der Waals surface area contributed by atoms with Gasteiger partial charge in [-0.05, 0) is 34.7 Å². The second-order valence-electron chi connectivity index (χ2n) is 4.08. The summed E-state index contributed by atoms with van der Waals surface area (Å²) in [4.78, 5) is 8.41. The van der Waals surface area contributed by atoms with Crippen LogP contribution in [-0.4, -0.2) is 10.8 Å². The highest BCUT2D eigenvalue weighted by atomic mass is 127. The first-order valence-electron chi connectivity index (χ1n) is 4.36. The average Bonchev–Trinajstić information content (AvgIpc) is 2.07. The predicted octanol–water partition coefficient (Wildman–Crippen LogP) is 2.72. The number of hydrogen-bond acceptors (Lipinski definition) is 2. The Kier molecular flexibility index (Phi) is 3.47. The lowest BCUT2D eigenvalue weighted by Gasteiger charge is -2.16. The molecule has 1 heterocycles. The molecule has 0 aliphatic rings. The van der Waals surface area contributed by atoms with E-state index in [2.05, 4.69) is 32.6 Å². The lowest BCUT2D eigenvalue weighted by Crippen LogP contribution is -2.28. The molecule has 0 fully saturated rings. The first kappa shape index (κ1) is 11.4. The number of rotatable bonds is 1. The first-order valence-corrected chi connectivity index (χ1v) is 5.43. The number of halogens is 1. The van der Waals surface area contributed by atoms with E-state index in [1.54, 1.807) is 6.20 Å². The van der Waals surface area contributed by atoms with Crippen LogP contribution in [-0.2, 0) is 0 Å². The minimum Gasteiger partial charge on any atom is -0.387 e. The van der Waals surface area contributed by atoms with E-state index < -0.39 is 0 Å². The molecule has 0 saturated carbocycles. The molecule has 0 aromatic carbocycles. The van der Waals surface area contributed by atoms with Crippen molar-refractivity contribution < 1.29 is 0 Å². The summed E-state index contributed by atoms with van der Waals surface area (Å²) in [5.74, 6) is 1.27. The molecule has 0 bridgehead atoms. The molecule has 0 spiro atoms. The highest BCUT2D eigenvalue weighted by molar-refractivity contribution is 14.1. The Labute approximate surface area is 98.0 Å². The summed E-state index contributed by atoms with van der Waals surface area (Å²) in [5.41, 5.74) is 5.72. The van der Waals surface area contributed by atoms with Crippen molar-refractivity contribution in [2.24, 2.45) is 16.1 Å². The third-order valence-electron chi connectivity index (χ3n) is 1.72. The van der Waals surface area contributed by atoms with Crippen molar-refractivity contribution in [3.8, 4) is 0 Å². The molecule has 2 N–H and O–H groups in total. The van der Waals surface area contributed by atoms with Crippen molar-refractivity contribution in [2.75, 3.05) is 0 Å². The molecule has 1 aromatic heterocycles. The third kappa shape index (κ3) is 3.25. The molecule has 0 saturated heterocycles. The Morgan fingerprint density at radius 2 is 2.07 bits per heavy atom. The van der Waals surface area contributed by atoms with E-state index >= 15 is 0 Å². The van der Waals surface area contributed by atoms with Crippen LogP contribution in [0.4, 0.5) is 5.82 Å². The fourth-order valence-electron chi connectivity index (χ4n) is 0.725. The molecule has 0 aliphatic carbocycles. The summed E-state index contributed by atoms with van der Waals surface area (Å²) in [5, 5.41) is 0. The van der Waals surface area contributed by atoms with Crippen LogP contribution < -0.4 is 5.73 Å². The van der Waals surface area contributed by atoms with Crippen LogP contribution >= 0.6 is 22.6 Å². The second kappa shape index (κ2) is 4.25. The fraction of sp³-hybridized carbons (Fsp3) is 0.400. The maximum atomic E-state index is 5.83. The topological polar surface area (TPSA) is 51.3 Å². The SMILES string of the molecule is CC(C)(C)C(N)=Nc1ccc(I)cn1. The van der Waals surface area contributed by atoms with Gasteiger partial charge in [0.05, 0.1) is 0 Å². The quantitative estimate of drug-likeness (QED) is 0.493. The maximum absolute atomic E-state index is 5.83. The minimum atomic E-state index is -0.106. The molecular formula is C10H14IN3. The summed E-state index contributed by atoms with van der Waals surface area (Å²) in [6, 6.07) is 3.82. The monoisotopic (exact) mass is 303 g/mol. The smallest absolute Gasteiger partial charge is 0.153 e. The number of amidine groups is 1. The van der Waals surface area contributed by atoms with E-state index in [4.69, 9.17) is 5.73 Å². The molecule has 3 nitrogen and oxygen atoms in total. The van der Waals surface area contributed by atoms with E-state index in [1.807, 2.05) is 32.9 Å². The summed E-state index contributed by atoms with van der Waals surface area (Å²) in [6.45, 7) is 6.08. The van der Waals surface area contributed by atoms with Crippen LogP contribution in [0.5, 0.6) is 0 Å². The van der Waals surface area contributed by atoms with Crippen LogP contribution in [0.3, 0.4) is 0 Å². The zero-order valence-corrected chi connectivity index (χ0v) is 10.7. The van der Waals surface area contributed by atoms with Crippen LogP contribution in [0.1, 0.15) is 20.8 Å². The van der Waals surface area contributed by atoms with E-state index in [-0.39, 0.29) is 5.41 Å². The summed E-state index contributed by atoms with van der Waals surface area (Å²) >= 11 is 2.20. The zero-order valence-electron chi connectivity index (χ0n) is 8.58. The third-order valence-corrected chi connectivity index (χ3v) is 2.35. The number of nitrogens with two attached hydrogens (primary N) is 1. The predicted molar refractivity (Wildman–Crippen MR) is 67.7 cm³/mol. The van der Waals surface area contributed by atoms with Gasteiger partial charge in [-0.2, -0.15) is 0 Å². The van der Waals surface area contributed by atoms with Gasteiger partial charge in [0.1, 0.15) is 5.84 Å². The highest BCUT2D eigenvalue weighted by Crippen LogP contribution is 2.17. The number of hydrogen-bond donors (Lipinski definition) is 1. The van der Waals surface area contributed by atoms with Crippen molar-refractivity contribution in [3.05, 3.63) is 21.9 Å². The van der Waals surface area contributed by atoms with Gasteiger partial charge in [0, 0.05) is 15.2 Å². The van der Waals surface area contributed by atoms with E-state index in [9.17, 15) is 0 Å². The van der Waals surface area contributed by atoms with Crippen LogP contribution in [0, 0.1) is 8.99 Å². The summed E-state index contributed by atoms with van der Waals surface area (Å²) in [6.07, 6.45) is 1.77. The molecule has 0 atom stereocenters. The Bertz CT molecular complexity index is 335. The van der Waals surface area contributed by atoms with Crippen molar-refractivity contribution in [1.82, 2.24) is 4.98 Å². The molecule has 14 heavy (non-hydrogen) atoms. The van der Waals surface area contributed by atoms with Crippen molar-refractivity contribution in [2.45, 2.75) is 20.8 Å². The Balaban J connectivity index is 2.93. The Morgan fingerprint density at radius 1 is 1.43 bits per heavy atom. The number of pyridine rings is 1. The molecule has 0 radical (unpaired) electrons. The van der Waals surface area contributed by atoms with Crippen LogP contribution in [0.25, 0.3) is 0 Å². The van der Waals surface area contributed by atoms with Crippen LogP contribution in [0.15, 0.2) is 23.3 Å². The Morgan fingerprint density at radius 3 is 2.50 bits per heavy atom. The molecule has 76 valence electrons. The number of nitrogens with zero attached hydrogens (tertiary/aromatic N) is 2. The van der Waals surface area contributed by atoms with Gasteiger partial charge in [0.25, 0.3) is 0 Å². The van der Waals surface area contributed by atoms with Gasteiger partial charge in [0.2, 0.25) is 0 Å². The molecule has 0 amide bonds. The normalized spacial score (nSPS) is 13.0. The molecule has 1 aromatic rings. The van der Waals surface area contributed by atoms with Gasteiger partial charge in [-0.25, -0.2) is 9.98 Å². The van der Waals surface area contributed by atoms with E-state index in [0.717, 1.165) is 3.57 Å². The van der Waals surface area contributed by atoms with Gasteiger partial charge in [0.15, 0.2) is 5.82 Å². The molecule has 0 aliphatic heterocycles. The minimum absolute atomic E-state index is 0.106. The van der Waals surface area contributed by atoms with Gasteiger partial charge in [-0.3, -0.25) is 0 Å². The largest absolute Gasteiger partial charge is 0.387 e. The zero-order chi connectivity index (χ0) is 10.8. The molecule has 0 unspecified atom stereocenters. The standard InChI is InChI=1S/C10H14IN3/c1-10(2,3)9(12)14-8-5-4-7(11)6-13-8/h4-6H,1-3H3,(H2,12,13,14). The van der Waals surface area contributed by atoms with Crippen LogP contribution in [0.2, 0.25) is 0 Å². The number of aliphatic imine (C=N–C) groups is 1. The van der Waals surface area contributed by atoms with Gasteiger partial charge >= 0.3 is 0 Å². The van der Waals surface area contributed by atoms with E-state index in [0.29, 0.717) is 11.7 Å². The van der Waals surface area contributed by atoms with Crippen molar-refractivity contribution in [1.29, 1.82) is 0 Å². The lowest BCUT2D eigenvalue weighted by atomic mass is 9.95. The Hall–Kier alpha value is -0.650. The number of aromatic nitrogens is 1. The average molecular weight is 303 g/mol. The van der Waals surface area contributed by atoms with E-state index in [1.165, 1.54) is 0 Å². The molecule has 1 rings (SSSR count). The summed E-state index contributed by atoms with van der Waals surface area (Å²) in [7, 11) is 0. The van der Waals surface area contributed by atoms with Gasteiger partial charge in [-0.15, -0.1) is 0 Å². The molecular weight excluding hydrogens is 289 g/mol. The van der Waals surface area contributed by atoms with Crippen molar-refractivity contribution in [3.63, 3.8) is 0 Å². The molecule has 4 heteroatoms. The van der Waals surface area contributed by atoms with Crippen molar-refractivity contribution >= 4 is 34.2 Å².